The standard InChI is InChI=1S/C23H30N2O2/c1-18-7-6-8-19(15-18)16-23(27)11-13-25(14-12-23)22(26)21-10-5-4-9-20(21)17-24(2)3/h4-10,15,27H,11-14,16-17H2,1-3H3. The minimum absolute atomic E-state index is 0.0741. The van der Waals surface area contributed by atoms with Crippen molar-refractivity contribution in [2.75, 3.05) is 27.2 Å². The molecular weight excluding hydrogens is 336 g/mol. The van der Waals surface area contributed by atoms with Crippen LogP contribution in [0.2, 0.25) is 0 Å². The fourth-order valence-corrected chi connectivity index (χ4v) is 3.88. The summed E-state index contributed by atoms with van der Waals surface area (Å²) in [6.07, 6.45) is 1.87. The first-order valence-electron chi connectivity index (χ1n) is 9.66. The highest BCUT2D eigenvalue weighted by molar-refractivity contribution is 5.95. The first-order chi connectivity index (χ1) is 12.9. The van der Waals surface area contributed by atoms with E-state index in [2.05, 4.69) is 30.0 Å². The lowest BCUT2D eigenvalue weighted by molar-refractivity contribution is -0.0162. The summed E-state index contributed by atoms with van der Waals surface area (Å²) in [6.45, 7) is 4.00. The Hall–Kier alpha value is -2.17. The SMILES string of the molecule is Cc1cccc(CC2(O)CCN(C(=O)c3ccccc3CN(C)C)CC2)c1. The summed E-state index contributed by atoms with van der Waals surface area (Å²) in [5.41, 5.74) is 3.46. The van der Waals surface area contributed by atoms with E-state index in [0.717, 1.165) is 23.2 Å². The van der Waals surface area contributed by atoms with Crippen molar-refractivity contribution >= 4 is 5.91 Å². The molecule has 27 heavy (non-hydrogen) atoms. The molecular formula is C23H30N2O2. The number of hydrogen-bond acceptors (Lipinski definition) is 3. The Morgan fingerprint density at radius 2 is 1.81 bits per heavy atom. The molecule has 1 heterocycles. The summed E-state index contributed by atoms with van der Waals surface area (Å²) in [7, 11) is 4.02. The van der Waals surface area contributed by atoms with Crippen LogP contribution in [0.3, 0.4) is 0 Å². The van der Waals surface area contributed by atoms with Crippen LogP contribution >= 0.6 is 0 Å². The summed E-state index contributed by atoms with van der Waals surface area (Å²) in [5.74, 6) is 0.0741. The van der Waals surface area contributed by atoms with Crippen LogP contribution in [0.1, 0.15) is 39.9 Å². The number of piperidine rings is 1. The lowest BCUT2D eigenvalue weighted by atomic mass is 9.85. The van der Waals surface area contributed by atoms with Gasteiger partial charge < -0.3 is 14.9 Å². The molecule has 0 unspecified atom stereocenters. The van der Waals surface area contributed by atoms with E-state index >= 15 is 0 Å². The number of likely N-dealkylation sites (tertiary alicyclic amines) is 1. The van der Waals surface area contributed by atoms with E-state index in [0.29, 0.717) is 32.4 Å². The van der Waals surface area contributed by atoms with Crippen LogP contribution in [0, 0.1) is 6.92 Å². The van der Waals surface area contributed by atoms with Gasteiger partial charge in [0.25, 0.3) is 5.91 Å². The molecule has 1 amide bonds. The Labute approximate surface area is 162 Å². The summed E-state index contributed by atoms with van der Waals surface area (Å²) in [5, 5.41) is 11.0. The smallest absolute Gasteiger partial charge is 0.254 e. The Morgan fingerprint density at radius 1 is 1.11 bits per heavy atom. The van der Waals surface area contributed by atoms with Gasteiger partial charge in [-0.2, -0.15) is 0 Å². The van der Waals surface area contributed by atoms with E-state index in [9.17, 15) is 9.90 Å². The molecule has 1 N–H and O–H groups in total. The van der Waals surface area contributed by atoms with Crippen molar-refractivity contribution in [3.63, 3.8) is 0 Å². The third kappa shape index (κ3) is 4.96. The second-order valence-electron chi connectivity index (χ2n) is 8.08. The molecule has 1 aliphatic heterocycles. The molecule has 0 aliphatic carbocycles. The third-order valence-corrected chi connectivity index (χ3v) is 5.33. The maximum Gasteiger partial charge on any atom is 0.254 e. The van der Waals surface area contributed by atoms with E-state index in [1.807, 2.05) is 49.3 Å². The number of carbonyl (C=O) groups is 1. The topological polar surface area (TPSA) is 43.8 Å². The fourth-order valence-electron chi connectivity index (χ4n) is 3.88. The highest BCUT2D eigenvalue weighted by Gasteiger charge is 2.34. The van der Waals surface area contributed by atoms with Gasteiger partial charge in [0, 0.05) is 31.6 Å². The summed E-state index contributed by atoms with van der Waals surface area (Å²) in [4.78, 5) is 17.0. The normalized spacial score (nSPS) is 16.6. The highest BCUT2D eigenvalue weighted by atomic mass is 16.3. The van der Waals surface area contributed by atoms with Gasteiger partial charge in [0.2, 0.25) is 0 Å². The van der Waals surface area contributed by atoms with Crippen LogP contribution in [-0.4, -0.2) is 53.6 Å². The van der Waals surface area contributed by atoms with Crippen molar-refractivity contribution in [3.05, 3.63) is 70.8 Å². The molecule has 4 nitrogen and oxygen atoms in total. The van der Waals surface area contributed by atoms with Crippen molar-refractivity contribution in [1.82, 2.24) is 9.80 Å². The molecule has 3 rings (SSSR count). The molecule has 1 saturated heterocycles. The number of hydrogen-bond donors (Lipinski definition) is 1. The molecule has 0 spiro atoms. The quantitative estimate of drug-likeness (QED) is 0.883. The van der Waals surface area contributed by atoms with Crippen LogP contribution in [-0.2, 0) is 13.0 Å². The molecule has 0 atom stereocenters. The van der Waals surface area contributed by atoms with Gasteiger partial charge in [-0.05, 0) is 51.1 Å². The molecule has 0 bridgehead atoms. The molecule has 144 valence electrons. The average Bonchev–Trinajstić information content (AvgIpc) is 2.61. The average molecular weight is 367 g/mol. The number of aliphatic hydroxyl groups is 1. The van der Waals surface area contributed by atoms with E-state index in [1.165, 1.54) is 5.56 Å². The predicted octanol–water partition coefficient (Wildman–Crippen LogP) is 3.27. The monoisotopic (exact) mass is 366 g/mol. The second-order valence-corrected chi connectivity index (χ2v) is 8.08. The molecule has 1 fully saturated rings. The van der Waals surface area contributed by atoms with Gasteiger partial charge in [0.1, 0.15) is 0 Å². The van der Waals surface area contributed by atoms with Gasteiger partial charge in [0.15, 0.2) is 0 Å². The summed E-state index contributed by atoms with van der Waals surface area (Å²) >= 11 is 0. The zero-order chi connectivity index (χ0) is 19.4. The van der Waals surface area contributed by atoms with E-state index < -0.39 is 5.60 Å². The van der Waals surface area contributed by atoms with E-state index in [1.54, 1.807) is 0 Å². The minimum Gasteiger partial charge on any atom is -0.389 e. The summed E-state index contributed by atoms with van der Waals surface area (Å²) < 4.78 is 0. The number of benzene rings is 2. The van der Waals surface area contributed by atoms with Gasteiger partial charge in [-0.25, -0.2) is 0 Å². The number of aryl methyl sites for hydroxylation is 1. The maximum atomic E-state index is 13.0. The van der Waals surface area contributed by atoms with Gasteiger partial charge in [-0.3, -0.25) is 4.79 Å². The van der Waals surface area contributed by atoms with Gasteiger partial charge >= 0.3 is 0 Å². The Morgan fingerprint density at radius 3 is 2.48 bits per heavy atom. The van der Waals surface area contributed by atoms with Crippen molar-refractivity contribution in [2.24, 2.45) is 0 Å². The van der Waals surface area contributed by atoms with E-state index in [-0.39, 0.29) is 5.91 Å². The van der Waals surface area contributed by atoms with Crippen LogP contribution in [0.5, 0.6) is 0 Å². The first-order valence-corrected chi connectivity index (χ1v) is 9.66. The fraction of sp³-hybridized carbons (Fsp3) is 0.435. The van der Waals surface area contributed by atoms with Crippen molar-refractivity contribution in [3.8, 4) is 0 Å². The van der Waals surface area contributed by atoms with Crippen molar-refractivity contribution in [1.29, 1.82) is 0 Å². The molecule has 4 heteroatoms. The van der Waals surface area contributed by atoms with E-state index in [4.69, 9.17) is 0 Å². The number of carbonyl (C=O) groups excluding carboxylic acids is 1. The Bertz CT molecular complexity index is 792. The van der Waals surface area contributed by atoms with Crippen molar-refractivity contribution in [2.45, 2.75) is 38.3 Å². The zero-order valence-corrected chi connectivity index (χ0v) is 16.6. The van der Waals surface area contributed by atoms with Gasteiger partial charge in [-0.1, -0.05) is 48.0 Å². The Kier molecular flexibility index (Phi) is 5.98. The van der Waals surface area contributed by atoms with Crippen LogP contribution in [0.4, 0.5) is 0 Å². The van der Waals surface area contributed by atoms with Crippen LogP contribution in [0.15, 0.2) is 48.5 Å². The largest absolute Gasteiger partial charge is 0.389 e. The van der Waals surface area contributed by atoms with Gasteiger partial charge in [0.05, 0.1) is 5.60 Å². The summed E-state index contributed by atoms with van der Waals surface area (Å²) in [6, 6.07) is 16.1. The van der Waals surface area contributed by atoms with Gasteiger partial charge in [-0.15, -0.1) is 0 Å². The van der Waals surface area contributed by atoms with Crippen LogP contribution in [0.25, 0.3) is 0 Å². The van der Waals surface area contributed by atoms with Crippen LogP contribution < -0.4 is 0 Å². The molecule has 0 radical (unpaired) electrons. The second kappa shape index (κ2) is 8.24. The molecule has 0 saturated carbocycles. The maximum absolute atomic E-state index is 13.0. The Balaban J connectivity index is 1.66. The number of amides is 1. The first kappa shape index (κ1) is 19.6. The van der Waals surface area contributed by atoms with Crippen molar-refractivity contribution < 1.29 is 9.90 Å². The number of nitrogens with zero attached hydrogens (tertiary/aromatic N) is 2. The predicted molar refractivity (Wildman–Crippen MR) is 109 cm³/mol. The molecule has 1 aliphatic rings. The lowest BCUT2D eigenvalue weighted by Gasteiger charge is -2.38. The molecule has 2 aromatic rings. The minimum atomic E-state index is -0.728. The highest BCUT2D eigenvalue weighted by Crippen LogP contribution is 2.28. The molecule has 0 aromatic heterocycles. The molecule has 2 aromatic carbocycles. The number of rotatable bonds is 5. The lowest BCUT2D eigenvalue weighted by Crippen LogP contribution is -2.48. The zero-order valence-electron chi connectivity index (χ0n) is 16.6. The third-order valence-electron chi connectivity index (χ3n) is 5.33.